The predicted octanol–water partition coefficient (Wildman–Crippen LogP) is -4.61. The Morgan fingerprint density at radius 1 is 1.56 bits per heavy atom. The number of hydrogen-bond acceptors (Lipinski definition) is 6. The van der Waals surface area contributed by atoms with Gasteiger partial charge >= 0.3 is 29.6 Å². The van der Waals surface area contributed by atoms with Gasteiger partial charge in [-0.2, -0.15) is 0 Å². The molecule has 0 aromatic heterocycles. The number of nitrogens with one attached hydrogen (secondary N) is 1. The Morgan fingerprint density at radius 3 is 2.44 bits per heavy atom. The second-order valence-electron chi connectivity index (χ2n) is 4.15. The molecule has 7 nitrogen and oxygen atoms in total. The van der Waals surface area contributed by atoms with Crippen LogP contribution in [0.25, 0.3) is 0 Å². The zero-order valence-corrected chi connectivity index (χ0v) is 13.7. The van der Waals surface area contributed by atoms with Gasteiger partial charge in [-0.1, -0.05) is 6.58 Å². The van der Waals surface area contributed by atoms with Gasteiger partial charge in [-0.3, -0.25) is 4.79 Å². The summed E-state index contributed by atoms with van der Waals surface area (Å²) in [5.41, 5.74) is -1.61. The van der Waals surface area contributed by atoms with Crippen molar-refractivity contribution in [3.8, 4) is 0 Å². The van der Waals surface area contributed by atoms with Crippen LogP contribution >= 0.6 is 0 Å². The molecular weight excluding hydrogens is 293 g/mol. The fourth-order valence-corrected chi connectivity index (χ4v) is 6.18. The molecular formula is C8H12NNaO6S2. The van der Waals surface area contributed by atoms with E-state index in [1.54, 1.807) is 0 Å². The summed E-state index contributed by atoms with van der Waals surface area (Å²) in [4.78, 5) is 11.1. The normalized spacial score (nSPS) is 30.2. The van der Waals surface area contributed by atoms with Crippen LogP contribution in [0.4, 0.5) is 0 Å². The molecule has 1 aliphatic heterocycles. The number of amides is 1. The Morgan fingerprint density at radius 2 is 2.06 bits per heavy atom. The minimum Gasteiger partial charge on any atom is -0.748 e. The van der Waals surface area contributed by atoms with Crippen LogP contribution in [0.2, 0.25) is 0 Å². The van der Waals surface area contributed by atoms with Crippen LogP contribution in [0, 0.1) is 0 Å². The molecule has 98 valence electrons. The number of hydrogen-bond donors (Lipinski definition) is 1. The van der Waals surface area contributed by atoms with E-state index in [1.807, 2.05) is 0 Å². The average Bonchev–Trinajstić information content (AvgIpc) is 2.35. The van der Waals surface area contributed by atoms with E-state index in [0.717, 1.165) is 6.08 Å². The minimum atomic E-state index is -4.81. The van der Waals surface area contributed by atoms with Gasteiger partial charge in [0.15, 0.2) is 9.84 Å². The van der Waals surface area contributed by atoms with Crippen molar-refractivity contribution >= 4 is 25.9 Å². The van der Waals surface area contributed by atoms with E-state index in [4.69, 9.17) is 0 Å². The second-order valence-corrected chi connectivity index (χ2v) is 7.81. The Bertz CT molecular complexity index is 554. The molecule has 0 aromatic carbocycles. The van der Waals surface area contributed by atoms with Crippen molar-refractivity contribution in [2.75, 3.05) is 11.5 Å². The van der Waals surface area contributed by atoms with Gasteiger partial charge in [0.05, 0.1) is 22.3 Å². The van der Waals surface area contributed by atoms with E-state index < -0.39 is 48.2 Å². The zero-order chi connectivity index (χ0) is 13.5. The second kappa shape index (κ2) is 5.59. The fraction of sp³-hybridized carbons (Fsp3) is 0.625. The summed E-state index contributed by atoms with van der Waals surface area (Å²) in [5.74, 6) is -2.07. The van der Waals surface area contributed by atoms with Gasteiger partial charge in [-0.15, -0.1) is 0 Å². The van der Waals surface area contributed by atoms with Crippen LogP contribution in [0.5, 0.6) is 0 Å². The Kier molecular flexibility index (Phi) is 5.62. The maximum atomic E-state index is 11.4. The quantitative estimate of drug-likeness (QED) is 0.318. The van der Waals surface area contributed by atoms with Gasteiger partial charge in [-0.05, 0) is 13.0 Å². The molecule has 1 amide bonds. The molecule has 18 heavy (non-hydrogen) atoms. The predicted molar refractivity (Wildman–Crippen MR) is 58.9 cm³/mol. The van der Waals surface area contributed by atoms with Crippen molar-refractivity contribution in [2.45, 2.75) is 17.7 Å². The summed E-state index contributed by atoms with van der Waals surface area (Å²) in [7, 11) is -8.48. The van der Waals surface area contributed by atoms with Gasteiger partial charge in [0.25, 0.3) is 0 Å². The van der Waals surface area contributed by atoms with Gasteiger partial charge in [0.2, 0.25) is 5.91 Å². The fourth-order valence-electron chi connectivity index (χ4n) is 1.87. The molecule has 0 saturated carbocycles. The first-order valence-corrected chi connectivity index (χ1v) is 7.89. The SMILES string of the molecule is C=CC(=O)NC1(C)CS(=O)(=O)CC1S(=O)(=O)[O-].[Na+]. The van der Waals surface area contributed by atoms with E-state index in [2.05, 4.69) is 11.9 Å². The summed E-state index contributed by atoms with van der Waals surface area (Å²) in [6.45, 7) is 4.39. The molecule has 0 bridgehead atoms. The van der Waals surface area contributed by atoms with Gasteiger partial charge < -0.3 is 9.87 Å². The smallest absolute Gasteiger partial charge is 0.748 e. The maximum Gasteiger partial charge on any atom is 1.00 e. The van der Waals surface area contributed by atoms with Gasteiger partial charge in [-0.25, -0.2) is 16.8 Å². The number of carbonyl (C=O) groups is 1. The summed E-state index contributed by atoms with van der Waals surface area (Å²) in [6, 6.07) is 0. The minimum absolute atomic E-state index is 0. The van der Waals surface area contributed by atoms with Crippen LogP contribution in [0.3, 0.4) is 0 Å². The third kappa shape index (κ3) is 4.04. The first-order chi connectivity index (χ1) is 7.50. The zero-order valence-electron chi connectivity index (χ0n) is 10.0. The summed E-state index contributed by atoms with van der Waals surface area (Å²) < 4.78 is 55.8. The largest absolute Gasteiger partial charge is 1.00 e. The van der Waals surface area contributed by atoms with Crippen molar-refractivity contribution in [1.82, 2.24) is 5.32 Å². The molecule has 0 spiro atoms. The number of sulfone groups is 1. The standard InChI is InChI=1S/C8H13NO6S2.Na/c1-3-7(10)9-8(2)5-16(11,12)4-6(8)17(13,14)15;/h3,6H,1,4-5H2,2H3,(H,9,10)(H,13,14,15);/q;+1/p-1. The van der Waals surface area contributed by atoms with Crippen molar-refractivity contribution in [3.05, 3.63) is 12.7 Å². The molecule has 0 aromatic rings. The Hall–Kier alpha value is 0.0700. The average molecular weight is 305 g/mol. The van der Waals surface area contributed by atoms with Crippen LogP contribution in [-0.4, -0.2) is 49.6 Å². The molecule has 1 rings (SSSR count). The van der Waals surface area contributed by atoms with Gasteiger partial charge in [0.1, 0.15) is 10.1 Å². The molecule has 1 aliphatic rings. The molecule has 0 aliphatic carbocycles. The van der Waals surface area contributed by atoms with E-state index >= 15 is 0 Å². The first kappa shape index (κ1) is 18.1. The van der Waals surface area contributed by atoms with Crippen LogP contribution < -0.4 is 34.9 Å². The molecule has 2 unspecified atom stereocenters. The van der Waals surface area contributed by atoms with Crippen LogP contribution in [0.1, 0.15) is 6.92 Å². The van der Waals surface area contributed by atoms with Crippen LogP contribution in [0.15, 0.2) is 12.7 Å². The summed E-state index contributed by atoms with van der Waals surface area (Å²) >= 11 is 0. The molecule has 0 radical (unpaired) electrons. The van der Waals surface area contributed by atoms with Crippen molar-refractivity contribution in [2.24, 2.45) is 0 Å². The number of rotatable bonds is 3. The Balaban J connectivity index is 0.00000289. The van der Waals surface area contributed by atoms with Crippen molar-refractivity contribution in [3.63, 3.8) is 0 Å². The molecule has 2 atom stereocenters. The molecule has 10 heteroatoms. The topological polar surface area (TPSA) is 120 Å². The van der Waals surface area contributed by atoms with Crippen molar-refractivity contribution < 1.29 is 55.7 Å². The van der Waals surface area contributed by atoms with Gasteiger partial charge in [0, 0.05) is 0 Å². The monoisotopic (exact) mass is 305 g/mol. The molecule has 1 saturated heterocycles. The molecule has 1 heterocycles. The van der Waals surface area contributed by atoms with Crippen molar-refractivity contribution in [1.29, 1.82) is 0 Å². The summed E-state index contributed by atoms with van der Waals surface area (Å²) in [5, 5.41) is 0.525. The van der Waals surface area contributed by atoms with E-state index in [0.29, 0.717) is 0 Å². The number of carbonyl (C=O) groups excluding carboxylic acids is 1. The Labute approximate surface area is 128 Å². The summed E-state index contributed by atoms with van der Waals surface area (Å²) in [6.07, 6.45) is 0.880. The third-order valence-corrected chi connectivity index (χ3v) is 6.05. The molecule has 1 N–H and O–H groups in total. The maximum absolute atomic E-state index is 11.4. The van der Waals surface area contributed by atoms with Crippen LogP contribution in [-0.2, 0) is 24.7 Å². The molecule has 1 fully saturated rings. The van der Waals surface area contributed by atoms with E-state index in [9.17, 15) is 26.2 Å². The van der Waals surface area contributed by atoms with E-state index in [-0.39, 0.29) is 29.6 Å². The van der Waals surface area contributed by atoms with E-state index in [1.165, 1.54) is 6.92 Å². The first-order valence-electron chi connectivity index (χ1n) is 4.60. The third-order valence-electron chi connectivity index (χ3n) is 2.58.